The summed E-state index contributed by atoms with van der Waals surface area (Å²) >= 11 is 0. The van der Waals surface area contributed by atoms with E-state index in [1.54, 1.807) is 6.26 Å². The molecular weight excluding hydrogens is 114 g/mol. The van der Waals surface area contributed by atoms with Gasteiger partial charge in [0.15, 0.2) is 0 Å². The van der Waals surface area contributed by atoms with Crippen molar-refractivity contribution in [3.8, 4) is 0 Å². The first-order valence-electron chi connectivity index (χ1n) is 2.93. The first kappa shape index (κ1) is 4.82. The van der Waals surface area contributed by atoms with Crippen LogP contribution in [0.1, 0.15) is 0 Å². The molecule has 0 aromatic heterocycles. The Morgan fingerprint density at radius 1 is 1.44 bits per heavy atom. The van der Waals surface area contributed by atoms with Crippen LogP contribution in [0.4, 0.5) is 0 Å². The second kappa shape index (κ2) is 1.74. The molecule has 0 aromatic carbocycles. The number of hydrogen-bond donors (Lipinski definition) is 1. The highest BCUT2D eigenvalue weighted by Gasteiger charge is 2.15. The van der Waals surface area contributed by atoms with E-state index >= 15 is 0 Å². The Hall–Kier alpha value is -1.02. The van der Waals surface area contributed by atoms with Gasteiger partial charge in [-0.1, -0.05) is 24.3 Å². The van der Waals surface area contributed by atoms with E-state index in [1.807, 2.05) is 18.2 Å². The number of rotatable bonds is 0. The van der Waals surface area contributed by atoms with Gasteiger partial charge in [0.25, 0.3) is 0 Å². The largest absolute Gasteiger partial charge is 0.415 e. The zero-order chi connectivity index (χ0) is 6.10. The van der Waals surface area contributed by atoms with Gasteiger partial charge in [-0.15, -0.1) is 5.48 Å². The van der Waals surface area contributed by atoms with Crippen LogP contribution in [0, 0.1) is 0 Å². The highest BCUT2D eigenvalue weighted by atomic mass is 16.6. The lowest BCUT2D eigenvalue weighted by Crippen LogP contribution is -2.21. The average Bonchev–Trinajstić information content (AvgIpc) is 2.33. The molecule has 1 heterocycles. The molecule has 2 aliphatic rings. The summed E-state index contributed by atoms with van der Waals surface area (Å²) in [4.78, 5) is 4.88. The molecule has 0 aromatic rings. The van der Waals surface area contributed by atoms with Crippen molar-refractivity contribution in [2.75, 3.05) is 0 Å². The van der Waals surface area contributed by atoms with E-state index in [-0.39, 0.29) is 6.04 Å². The van der Waals surface area contributed by atoms with Gasteiger partial charge < -0.3 is 4.84 Å². The molecule has 1 aliphatic carbocycles. The third-order valence-electron chi connectivity index (χ3n) is 1.45. The molecule has 0 amide bonds. The van der Waals surface area contributed by atoms with Crippen LogP contribution in [-0.4, -0.2) is 6.04 Å². The fourth-order valence-corrected chi connectivity index (χ4v) is 0.952. The molecule has 9 heavy (non-hydrogen) atoms. The molecule has 2 heteroatoms. The van der Waals surface area contributed by atoms with Gasteiger partial charge >= 0.3 is 0 Å². The van der Waals surface area contributed by atoms with E-state index < -0.39 is 0 Å². The summed E-state index contributed by atoms with van der Waals surface area (Å²) in [6.45, 7) is 0. The van der Waals surface area contributed by atoms with E-state index in [4.69, 9.17) is 4.84 Å². The van der Waals surface area contributed by atoms with Gasteiger partial charge in [0.1, 0.15) is 6.26 Å². The quantitative estimate of drug-likeness (QED) is 0.514. The minimum atomic E-state index is 0.287. The van der Waals surface area contributed by atoms with Gasteiger partial charge in [-0.2, -0.15) is 0 Å². The van der Waals surface area contributed by atoms with Gasteiger partial charge in [0.05, 0.1) is 6.04 Å². The van der Waals surface area contributed by atoms with Crippen LogP contribution < -0.4 is 5.48 Å². The maximum absolute atomic E-state index is 4.88. The van der Waals surface area contributed by atoms with Crippen LogP contribution in [-0.2, 0) is 4.84 Å². The minimum absolute atomic E-state index is 0.287. The van der Waals surface area contributed by atoms with Gasteiger partial charge in [-0.05, 0) is 0 Å². The fraction of sp³-hybridized carbons (Fsp3) is 0.143. The maximum atomic E-state index is 4.88. The standard InChI is InChI=1S/C7H7NO/c1-2-4-7-6(3-1)5-9-8-7/h1-5,7-8H. The monoisotopic (exact) mass is 121 g/mol. The molecular formula is C7H7NO. The highest BCUT2D eigenvalue weighted by Crippen LogP contribution is 2.15. The van der Waals surface area contributed by atoms with Crippen molar-refractivity contribution < 1.29 is 4.84 Å². The number of nitrogens with one attached hydrogen (secondary N) is 1. The van der Waals surface area contributed by atoms with Crippen molar-refractivity contribution in [2.45, 2.75) is 6.04 Å². The van der Waals surface area contributed by atoms with Crippen LogP contribution >= 0.6 is 0 Å². The van der Waals surface area contributed by atoms with Crippen LogP contribution in [0.5, 0.6) is 0 Å². The number of allylic oxidation sites excluding steroid dienone is 2. The molecule has 1 N–H and O–H groups in total. The molecule has 1 atom stereocenters. The second-order valence-electron chi connectivity index (χ2n) is 2.08. The molecule has 0 fully saturated rings. The Labute approximate surface area is 53.5 Å². The Balaban J connectivity index is 2.33. The zero-order valence-corrected chi connectivity index (χ0v) is 4.87. The van der Waals surface area contributed by atoms with Crippen molar-refractivity contribution in [1.29, 1.82) is 0 Å². The summed E-state index contributed by atoms with van der Waals surface area (Å²) in [7, 11) is 0. The van der Waals surface area contributed by atoms with Gasteiger partial charge in [0.2, 0.25) is 0 Å². The normalized spacial score (nSPS) is 29.3. The number of hydroxylamine groups is 1. The second-order valence-corrected chi connectivity index (χ2v) is 2.08. The summed E-state index contributed by atoms with van der Waals surface area (Å²) in [5, 5.41) is 0. The predicted octanol–water partition coefficient (Wildman–Crippen LogP) is 0.900. The van der Waals surface area contributed by atoms with E-state index in [9.17, 15) is 0 Å². The minimum Gasteiger partial charge on any atom is -0.415 e. The average molecular weight is 121 g/mol. The van der Waals surface area contributed by atoms with Crippen molar-refractivity contribution in [3.05, 3.63) is 36.1 Å². The van der Waals surface area contributed by atoms with E-state index in [2.05, 4.69) is 11.6 Å². The summed E-state index contributed by atoms with van der Waals surface area (Å²) in [5.41, 5.74) is 4.02. The molecule has 0 saturated heterocycles. The third-order valence-corrected chi connectivity index (χ3v) is 1.45. The van der Waals surface area contributed by atoms with Crippen LogP contribution in [0.2, 0.25) is 0 Å². The summed E-state index contributed by atoms with van der Waals surface area (Å²) in [6, 6.07) is 0.287. The van der Waals surface area contributed by atoms with Crippen molar-refractivity contribution >= 4 is 0 Å². The van der Waals surface area contributed by atoms with Gasteiger partial charge in [0, 0.05) is 5.57 Å². The van der Waals surface area contributed by atoms with Crippen LogP contribution in [0.25, 0.3) is 0 Å². The van der Waals surface area contributed by atoms with E-state index in [0.29, 0.717) is 0 Å². The molecule has 1 aliphatic heterocycles. The molecule has 0 bridgehead atoms. The lowest BCUT2D eigenvalue weighted by molar-refractivity contribution is 0.153. The van der Waals surface area contributed by atoms with Crippen LogP contribution in [0.15, 0.2) is 36.1 Å². The Kier molecular flexibility index (Phi) is 0.932. The Bertz CT molecular complexity index is 200. The number of hydrogen-bond acceptors (Lipinski definition) is 2. The number of fused-ring (bicyclic) bond motifs is 1. The molecule has 0 radical (unpaired) electrons. The van der Waals surface area contributed by atoms with Crippen molar-refractivity contribution in [3.63, 3.8) is 0 Å². The fourth-order valence-electron chi connectivity index (χ4n) is 0.952. The topological polar surface area (TPSA) is 21.3 Å². The SMILES string of the molecule is C1=CC2=CONC2C=C1. The molecule has 2 rings (SSSR count). The smallest absolute Gasteiger partial charge is 0.116 e. The lowest BCUT2D eigenvalue weighted by atomic mass is 10.1. The maximum Gasteiger partial charge on any atom is 0.116 e. The highest BCUT2D eigenvalue weighted by molar-refractivity contribution is 5.36. The van der Waals surface area contributed by atoms with Crippen molar-refractivity contribution in [1.82, 2.24) is 5.48 Å². The summed E-state index contributed by atoms with van der Waals surface area (Å²) < 4.78 is 0. The summed E-state index contributed by atoms with van der Waals surface area (Å²) in [6.07, 6.45) is 9.82. The Morgan fingerprint density at radius 2 is 2.44 bits per heavy atom. The van der Waals surface area contributed by atoms with Crippen molar-refractivity contribution in [2.24, 2.45) is 0 Å². The third kappa shape index (κ3) is 0.678. The van der Waals surface area contributed by atoms with E-state index in [1.165, 1.54) is 5.57 Å². The zero-order valence-electron chi connectivity index (χ0n) is 4.87. The Morgan fingerprint density at radius 3 is 3.33 bits per heavy atom. The first-order chi connectivity index (χ1) is 4.47. The molecule has 2 nitrogen and oxygen atoms in total. The predicted molar refractivity (Wildman–Crippen MR) is 34.4 cm³/mol. The summed E-state index contributed by atoms with van der Waals surface area (Å²) in [5.74, 6) is 0. The lowest BCUT2D eigenvalue weighted by Gasteiger charge is -2.06. The van der Waals surface area contributed by atoms with Crippen LogP contribution in [0.3, 0.4) is 0 Å². The first-order valence-corrected chi connectivity index (χ1v) is 2.93. The molecule has 46 valence electrons. The molecule has 0 spiro atoms. The van der Waals surface area contributed by atoms with Gasteiger partial charge in [-0.3, -0.25) is 0 Å². The molecule has 0 saturated carbocycles. The molecule has 1 unspecified atom stereocenters. The van der Waals surface area contributed by atoms with Gasteiger partial charge in [-0.25, -0.2) is 0 Å². The van der Waals surface area contributed by atoms with E-state index in [0.717, 1.165) is 0 Å².